The second kappa shape index (κ2) is 12.3. The van der Waals surface area contributed by atoms with Gasteiger partial charge in [-0.2, -0.15) is 5.10 Å². The lowest BCUT2D eigenvalue weighted by Crippen LogP contribution is -2.13. The quantitative estimate of drug-likeness (QED) is 0.176. The highest BCUT2D eigenvalue weighted by Gasteiger charge is 2.15. The van der Waals surface area contributed by atoms with Crippen molar-refractivity contribution in [2.45, 2.75) is 64.3 Å². The Hall–Kier alpha value is -3.87. The summed E-state index contributed by atoms with van der Waals surface area (Å²) in [4.78, 5) is 11.2. The first-order valence-corrected chi connectivity index (χ1v) is 14.1. The minimum Gasteiger partial charge on any atom is -0.492 e. The van der Waals surface area contributed by atoms with Crippen LogP contribution in [0, 0.1) is 0 Å². The number of aromatic nitrogens is 3. The molecule has 1 aliphatic rings. The number of hydrogen-bond acceptors (Lipinski definition) is 6. The average molecular weight is 525 g/mol. The van der Waals surface area contributed by atoms with Gasteiger partial charge in [0.05, 0.1) is 12.8 Å². The molecule has 204 valence electrons. The Morgan fingerprint density at radius 1 is 1.05 bits per heavy atom. The summed E-state index contributed by atoms with van der Waals surface area (Å²) in [6.45, 7) is 5.53. The molecule has 1 fully saturated rings. The Kier molecular flexibility index (Phi) is 8.45. The molecule has 0 radical (unpaired) electrons. The fraction of sp³-hybridized carbons (Fsp3) is 0.406. The largest absolute Gasteiger partial charge is 0.492 e. The van der Waals surface area contributed by atoms with Gasteiger partial charge in [-0.1, -0.05) is 63.4 Å². The van der Waals surface area contributed by atoms with Crippen LogP contribution in [0.15, 0.2) is 65.9 Å². The molecule has 0 unspecified atom stereocenters. The van der Waals surface area contributed by atoms with E-state index in [1.165, 1.54) is 37.7 Å². The number of rotatable bonds is 10. The molecule has 7 nitrogen and oxygen atoms in total. The third-order valence-electron chi connectivity index (χ3n) is 7.46. The lowest BCUT2D eigenvalue weighted by Gasteiger charge is -2.22. The molecule has 0 saturated heterocycles. The molecule has 0 bridgehead atoms. The molecular formula is C32H40N6O. The van der Waals surface area contributed by atoms with Crippen LogP contribution < -0.4 is 15.1 Å². The van der Waals surface area contributed by atoms with Crippen LogP contribution in [0.4, 0.5) is 11.6 Å². The summed E-state index contributed by atoms with van der Waals surface area (Å²) in [5, 5.41) is 5.67. The molecule has 1 saturated carbocycles. The highest BCUT2D eigenvalue weighted by molar-refractivity contribution is 5.99. The normalized spacial score (nSPS) is 14.4. The van der Waals surface area contributed by atoms with Gasteiger partial charge < -0.3 is 14.2 Å². The van der Waals surface area contributed by atoms with Crippen LogP contribution in [-0.2, 0) is 6.54 Å². The molecule has 0 spiro atoms. The number of hydrogen-bond donors (Lipinski definition) is 1. The van der Waals surface area contributed by atoms with Gasteiger partial charge in [0, 0.05) is 48.7 Å². The first kappa shape index (κ1) is 26.7. The van der Waals surface area contributed by atoms with Gasteiger partial charge in [-0.25, -0.2) is 9.97 Å². The van der Waals surface area contributed by atoms with Crippen molar-refractivity contribution in [3.05, 3.63) is 77.7 Å². The van der Waals surface area contributed by atoms with Crippen LogP contribution in [0.5, 0.6) is 5.75 Å². The molecule has 5 rings (SSSR count). The Morgan fingerprint density at radius 2 is 1.82 bits per heavy atom. The summed E-state index contributed by atoms with van der Waals surface area (Å²) in [6.07, 6.45) is 10.7. The van der Waals surface area contributed by atoms with Crippen molar-refractivity contribution in [3.63, 3.8) is 0 Å². The van der Waals surface area contributed by atoms with Gasteiger partial charge >= 0.3 is 0 Å². The third-order valence-corrected chi connectivity index (χ3v) is 7.46. The van der Waals surface area contributed by atoms with E-state index in [-0.39, 0.29) is 5.92 Å². The van der Waals surface area contributed by atoms with E-state index in [0.29, 0.717) is 12.4 Å². The van der Waals surface area contributed by atoms with E-state index in [9.17, 15) is 0 Å². The molecule has 1 N–H and O–H groups in total. The number of nitrogens with zero attached hydrogens (tertiary/aromatic N) is 5. The number of ether oxygens (including phenoxy) is 1. The van der Waals surface area contributed by atoms with Gasteiger partial charge in [-0.15, -0.1) is 0 Å². The maximum atomic E-state index is 6.13. The minimum atomic E-state index is 0.226. The summed E-state index contributed by atoms with van der Waals surface area (Å²) in [5.74, 6) is 4.20. The zero-order valence-corrected chi connectivity index (χ0v) is 23.6. The van der Waals surface area contributed by atoms with E-state index in [1.807, 2.05) is 31.3 Å². The smallest absolute Gasteiger partial charge is 0.152 e. The van der Waals surface area contributed by atoms with Crippen LogP contribution >= 0.6 is 0 Å². The number of anilines is 2. The van der Waals surface area contributed by atoms with E-state index in [2.05, 4.69) is 93.6 Å². The first-order valence-electron chi connectivity index (χ1n) is 14.1. The lowest BCUT2D eigenvalue weighted by molar-refractivity contribution is 0.300. The van der Waals surface area contributed by atoms with E-state index in [0.717, 1.165) is 46.3 Å². The van der Waals surface area contributed by atoms with Crippen molar-refractivity contribution in [1.29, 1.82) is 0 Å². The molecule has 2 aromatic heterocycles. The molecule has 0 amide bonds. The molecule has 2 aromatic carbocycles. The lowest BCUT2D eigenvalue weighted by atomic mass is 9.84. The monoisotopic (exact) mass is 524 g/mol. The van der Waals surface area contributed by atoms with Crippen LogP contribution in [0.3, 0.4) is 0 Å². The van der Waals surface area contributed by atoms with E-state index in [4.69, 9.17) is 4.74 Å². The van der Waals surface area contributed by atoms with Crippen molar-refractivity contribution in [2.75, 3.05) is 31.0 Å². The van der Waals surface area contributed by atoms with Gasteiger partial charge in [-0.3, -0.25) is 5.43 Å². The van der Waals surface area contributed by atoms with Crippen LogP contribution in [0.1, 0.15) is 74.7 Å². The van der Waals surface area contributed by atoms with E-state index < -0.39 is 0 Å². The van der Waals surface area contributed by atoms with Crippen molar-refractivity contribution in [2.24, 2.45) is 5.10 Å². The van der Waals surface area contributed by atoms with Gasteiger partial charge in [0.1, 0.15) is 24.0 Å². The van der Waals surface area contributed by atoms with E-state index >= 15 is 0 Å². The maximum Gasteiger partial charge on any atom is 0.152 e. The van der Waals surface area contributed by atoms with E-state index in [1.54, 1.807) is 0 Å². The fourth-order valence-electron chi connectivity index (χ4n) is 5.26. The summed E-state index contributed by atoms with van der Waals surface area (Å²) >= 11 is 0. The Labute approximate surface area is 231 Å². The molecule has 39 heavy (non-hydrogen) atoms. The standard InChI is InChI=1S/C32H40N6O/c1-23(2)32-34-30(20-31(35-32)37(3)4)36-33-21-26-22-38(29-13-9-8-12-28(26)29)18-19-39-27-16-14-25(15-17-27)24-10-6-5-7-11-24/h8-9,12-17,20-24H,5-7,10-11,18-19H2,1-4H3,(H,34,35,36)/b33-21+. The molecule has 0 aliphatic heterocycles. The number of benzene rings is 2. The number of nitrogens with one attached hydrogen (secondary N) is 1. The minimum absolute atomic E-state index is 0.226. The van der Waals surface area contributed by atoms with Crippen LogP contribution in [0.2, 0.25) is 0 Å². The van der Waals surface area contributed by atoms with Crippen LogP contribution in [-0.4, -0.2) is 41.5 Å². The summed E-state index contributed by atoms with van der Waals surface area (Å²) < 4.78 is 8.36. The Balaban J connectivity index is 1.24. The van der Waals surface area contributed by atoms with Gasteiger partial charge in [-0.05, 0) is 42.5 Å². The topological polar surface area (TPSA) is 67.6 Å². The predicted molar refractivity (Wildman–Crippen MR) is 161 cm³/mol. The molecule has 4 aromatic rings. The molecule has 1 aliphatic carbocycles. The maximum absolute atomic E-state index is 6.13. The second-order valence-electron chi connectivity index (χ2n) is 10.9. The second-order valence-corrected chi connectivity index (χ2v) is 10.9. The van der Waals surface area contributed by atoms with Gasteiger partial charge in [0.15, 0.2) is 5.82 Å². The number of para-hydroxylation sites is 1. The summed E-state index contributed by atoms with van der Waals surface area (Å²) in [7, 11) is 3.95. The van der Waals surface area contributed by atoms with Crippen molar-refractivity contribution >= 4 is 28.8 Å². The Morgan fingerprint density at radius 3 is 2.56 bits per heavy atom. The number of fused-ring (bicyclic) bond motifs is 1. The zero-order valence-electron chi connectivity index (χ0n) is 23.6. The highest BCUT2D eigenvalue weighted by Crippen LogP contribution is 2.33. The predicted octanol–water partition coefficient (Wildman–Crippen LogP) is 7.19. The SMILES string of the molecule is CC(C)c1nc(N/N=C/c2cn(CCOc3ccc(C4CCCCC4)cc3)c3ccccc23)cc(N(C)C)n1. The van der Waals surface area contributed by atoms with Crippen molar-refractivity contribution < 1.29 is 4.74 Å². The van der Waals surface area contributed by atoms with Crippen LogP contribution in [0.25, 0.3) is 10.9 Å². The summed E-state index contributed by atoms with van der Waals surface area (Å²) in [6, 6.07) is 19.1. The molecule has 2 heterocycles. The molecule has 7 heteroatoms. The van der Waals surface area contributed by atoms with Gasteiger partial charge in [0.2, 0.25) is 0 Å². The van der Waals surface area contributed by atoms with Gasteiger partial charge in [0.25, 0.3) is 0 Å². The van der Waals surface area contributed by atoms with Crippen molar-refractivity contribution in [1.82, 2.24) is 14.5 Å². The molecular weight excluding hydrogens is 484 g/mol. The molecule has 0 atom stereocenters. The first-order chi connectivity index (χ1) is 19.0. The third kappa shape index (κ3) is 6.59. The number of hydrazone groups is 1. The fourth-order valence-corrected chi connectivity index (χ4v) is 5.26. The summed E-state index contributed by atoms with van der Waals surface area (Å²) in [5.41, 5.74) is 6.77. The highest BCUT2D eigenvalue weighted by atomic mass is 16.5. The average Bonchev–Trinajstić information content (AvgIpc) is 3.31. The Bertz CT molecular complexity index is 1370. The zero-order chi connectivity index (χ0) is 27.2. The van der Waals surface area contributed by atoms with Crippen molar-refractivity contribution in [3.8, 4) is 5.75 Å².